The summed E-state index contributed by atoms with van der Waals surface area (Å²) in [4.78, 5) is 5.49. The Morgan fingerprint density at radius 2 is 0.682 bits per heavy atom. The summed E-state index contributed by atoms with van der Waals surface area (Å²) in [5, 5.41) is 0. The molecule has 44 heavy (non-hydrogen) atoms. The van der Waals surface area contributed by atoms with Crippen LogP contribution in [0.4, 0.5) is 0 Å². The Morgan fingerprint density at radius 1 is 0.386 bits per heavy atom. The first kappa shape index (κ1) is 34.7. The second-order valence-corrected chi connectivity index (χ2v) is 16.1. The highest BCUT2D eigenvalue weighted by Gasteiger charge is 2.33. The maximum atomic E-state index is 2.94. The Bertz CT molecular complexity index is 772. The molecule has 0 bridgehead atoms. The lowest BCUT2D eigenvalue weighted by atomic mass is 9.69. The van der Waals surface area contributed by atoms with Gasteiger partial charge >= 0.3 is 0 Å². The number of hydrogen-bond donors (Lipinski definition) is 0. The molecule has 252 valence electrons. The molecule has 0 unspecified atom stereocenters. The SMILES string of the molecule is CCN(CC)C1CCC(/C(=C\C2CCC(/C=C(\C3CCCCC3)C3CCC(N(CC)CC)CC3)CC2)C2CCCCC2)CC1. The Balaban J connectivity index is 1.22. The largest absolute Gasteiger partial charge is 0.301 e. The van der Waals surface area contributed by atoms with Crippen molar-refractivity contribution in [3.8, 4) is 0 Å². The molecule has 0 aromatic rings. The molecule has 5 fully saturated rings. The van der Waals surface area contributed by atoms with Crippen molar-refractivity contribution in [1.82, 2.24) is 9.80 Å². The Labute approximate surface area is 275 Å². The van der Waals surface area contributed by atoms with Crippen LogP contribution in [0.2, 0.25) is 0 Å². The van der Waals surface area contributed by atoms with Crippen molar-refractivity contribution in [2.45, 2.75) is 181 Å². The summed E-state index contributed by atoms with van der Waals surface area (Å²) in [5.74, 6) is 5.35. The first-order valence-electron chi connectivity index (χ1n) is 20.5. The van der Waals surface area contributed by atoms with E-state index in [4.69, 9.17) is 0 Å². The summed E-state index contributed by atoms with van der Waals surface area (Å²) in [6.07, 6.45) is 38.1. The van der Waals surface area contributed by atoms with Crippen LogP contribution in [0.1, 0.15) is 169 Å². The molecule has 0 spiro atoms. The van der Waals surface area contributed by atoms with Gasteiger partial charge in [-0.3, -0.25) is 0 Å². The molecule has 0 radical (unpaired) electrons. The maximum Gasteiger partial charge on any atom is 0.00954 e. The van der Waals surface area contributed by atoms with Crippen molar-refractivity contribution in [2.75, 3.05) is 26.2 Å². The monoisotopic (exact) mass is 607 g/mol. The Hall–Kier alpha value is -0.600. The standard InChI is InChI=1S/C42H74N2/c1-5-43(6-2)39-27-23-37(24-28-39)41(35-15-11-9-12-16-35)31-33-19-21-34(22-20-33)32-42(36-17-13-10-14-18-36)38-25-29-40(30-26-38)44(7-3)8-4/h31-40H,5-30H2,1-4H3/b41-31-,42-32+. The van der Waals surface area contributed by atoms with Crippen LogP contribution in [0.25, 0.3) is 0 Å². The van der Waals surface area contributed by atoms with Gasteiger partial charge in [0.2, 0.25) is 0 Å². The number of hydrogen-bond acceptors (Lipinski definition) is 2. The highest BCUT2D eigenvalue weighted by atomic mass is 15.1. The molecule has 0 saturated heterocycles. The third kappa shape index (κ3) is 9.27. The summed E-state index contributed by atoms with van der Waals surface area (Å²) in [6, 6.07) is 1.70. The van der Waals surface area contributed by atoms with Crippen molar-refractivity contribution in [3.63, 3.8) is 0 Å². The topological polar surface area (TPSA) is 6.48 Å². The molecule has 0 N–H and O–H groups in total. The van der Waals surface area contributed by atoms with E-state index in [9.17, 15) is 0 Å². The zero-order chi connectivity index (χ0) is 30.7. The number of rotatable bonds is 12. The van der Waals surface area contributed by atoms with E-state index in [0.717, 1.165) is 47.6 Å². The summed E-state index contributed by atoms with van der Waals surface area (Å²) >= 11 is 0. The molecule has 0 aliphatic heterocycles. The molecular weight excluding hydrogens is 532 g/mol. The van der Waals surface area contributed by atoms with Gasteiger partial charge in [-0.05, 0) is 164 Å². The van der Waals surface area contributed by atoms with E-state index in [1.807, 2.05) is 11.1 Å². The maximum absolute atomic E-state index is 2.94. The van der Waals surface area contributed by atoms with Gasteiger partial charge in [0.05, 0.1) is 0 Å². The molecule has 0 amide bonds. The third-order valence-electron chi connectivity index (χ3n) is 13.8. The van der Waals surface area contributed by atoms with E-state index in [1.165, 1.54) is 167 Å². The lowest BCUT2D eigenvalue weighted by Gasteiger charge is -2.40. The van der Waals surface area contributed by atoms with Gasteiger partial charge in [-0.1, -0.05) is 89.5 Å². The zero-order valence-corrected chi connectivity index (χ0v) is 30.1. The number of allylic oxidation sites excluding steroid dienone is 4. The van der Waals surface area contributed by atoms with Crippen LogP contribution in [0.3, 0.4) is 0 Å². The average molecular weight is 607 g/mol. The molecule has 5 saturated carbocycles. The zero-order valence-electron chi connectivity index (χ0n) is 30.1. The predicted octanol–water partition coefficient (Wildman–Crippen LogP) is 11.6. The van der Waals surface area contributed by atoms with Gasteiger partial charge in [0.15, 0.2) is 0 Å². The van der Waals surface area contributed by atoms with Crippen molar-refractivity contribution >= 4 is 0 Å². The Kier molecular flexibility index (Phi) is 14.3. The fraction of sp³-hybridized carbons (Fsp3) is 0.905. The minimum Gasteiger partial charge on any atom is -0.301 e. The molecule has 0 aromatic heterocycles. The predicted molar refractivity (Wildman–Crippen MR) is 192 cm³/mol. The van der Waals surface area contributed by atoms with Crippen LogP contribution in [0.15, 0.2) is 23.3 Å². The fourth-order valence-corrected chi connectivity index (χ4v) is 11.1. The highest BCUT2D eigenvalue weighted by molar-refractivity contribution is 5.18. The lowest BCUT2D eigenvalue weighted by Crippen LogP contribution is -2.38. The van der Waals surface area contributed by atoms with Gasteiger partial charge in [-0.25, -0.2) is 0 Å². The van der Waals surface area contributed by atoms with E-state index < -0.39 is 0 Å². The van der Waals surface area contributed by atoms with E-state index in [0.29, 0.717) is 0 Å². The van der Waals surface area contributed by atoms with Gasteiger partial charge in [0, 0.05) is 12.1 Å². The smallest absolute Gasteiger partial charge is 0.00954 e. The highest BCUT2D eigenvalue weighted by Crippen LogP contribution is 2.45. The molecule has 0 atom stereocenters. The number of nitrogens with zero attached hydrogens (tertiary/aromatic N) is 2. The molecule has 5 aliphatic carbocycles. The fourth-order valence-electron chi connectivity index (χ4n) is 11.1. The van der Waals surface area contributed by atoms with Crippen LogP contribution >= 0.6 is 0 Å². The van der Waals surface area contributed by atoms with E-state index in [1.54, 1.807) is 0 Å². The molecule has 5 rings (SSSR count). The minimum atomic E-state index is 0.849. The Morgan fingerprint density at radius 3 is 0.977 bits per heavy atom. The van der Waals surface area contributed by atoms with Crippen LogP contribution in [0, 0.1) is 35.5 Å². The molecule has 0 heterocycles. The summed E-state index contributed by atoms with van der Waals surface area (Å²) in [6.45, 7) is 14.4. The van der Waals surface area contributed by atoms with Gasteiger partial charge in [0.1, 0.15) is 0 Å². The lowest BCUT2D eigenvalue weighted by molar-refractivity contribution is 0.152. The van der Waals surface area contributed by atoms with Gasteiger partial charge < -0.3 is 9.80 Å². The molecular formula is C42H74N2. The first-order chi connectivity index (χ1) is 21.6. The van der Waals surface area contributed by atoms with Gasteiger partial charge in [0.25, 0.3) is 0 Å². The van der Waals surface area contributed by atoms with E-state index >= 15 is 0 Å². The van der Waals surface area contributed by atoms with Gasteiger partial charge in [-0.15, -0.1) is 0 Å². The van der Waals surface area contributed by atoms with Crippen molar-refractivity contribution in [1.29, 1.82) is 0 Å². The second kappa shape index (κ2) is 18.1. The molecule has 2 heteroatoms. The van der Waals surface area contributed by atoms with Crippen molar-refractivity contribution in [3.05, 3.63) is 23.3 Å². The van der Waals surface area contributed by atoms with Crippen LogP contribution in [-0.4, -0.2) is 48.1 Å². The quantitative estimate of drug-likeness (QED) is 0.204. The van der Waals surface area contributed by atoms with E-state index in [2.05, 4.69) is 49.6 Å². The minimum absolute atomic E-state index is 0.849. The van der Waals surface area contributed by atoms with Crippen LogP contribution in [0.5, 0.6) is 0 Å². The molecule has 5 aliphatic rings. The molecule has 2 nitrogen and oxygen atoms in total. The van der Waals surface area contributed by atoms with Gasteiger partial charge in [-0.2, -0.15) is 0 Å². The normalized spacial score (nSPS) is 34.1. The average Bonchev–Trinajstić information content (AvgIpc) is 3.09. The van der Waals surface area contributed by atoms with E-state index in [-0.39, 0.29) is 0 Å². The summed E-state index contributed by atoms with van der Waals surface area (Å²) in [5.41, 5.74) is 3.93. The third-order valence-corrected chi connectivity index (χ3v) is 13.8. The van der Waals surface area contributed by atoms with Crippen LogP contribution < -0.4 is 0 Å². The van der Waals surface area contributed by atoms with Crippen LogP contribution in [-0.2, 0) is 0 Å². The summed E-state index contributed by atoms with van der Waals surface area (Å²) in [7, 11) is 0. The first-order valence-corrected chi connectivity index (χ1v) is 20.5. The summed E-state index contributed by atoms with van der Waals surface area (Å²) < 4.78 is 0. The second-order valence-electron chi connectivity index (χ2n) is 16.1. The van der Waals surface area contributed by atoms with Crippen molar-refractivity contribution in [2.24, 2.45) is 35.5 Å². The molecule has 0 aromatic carbocycles. The van der Waals surface area contributed by atoms with Crippen molar-refractivity contribution < 1.29 is 0 Å².